The lowest BCUT2D eigenvalue weighted by Gasteiger charge is -2.11. The predicted molar refractivity (Wildman–Crippen MR) is 118 cm³/mol. The molecule has 158 valence electrons. The molecule has 6 heteroatoms. The summed E-state index contributed by atoms with van der Waals surface area (Å²) in [5.41, 5.74) is 3.25. The van der Waals surface area contributed by atoms with Gasteiger partial charge in [0.1, 0.15) is 23.9 Å². The molecular formula is C25H24NO5+. The van der Waals surface area contributed by atoms with Gasteiger partial charge in [-0.1, -0.05) is 30.3 Å². The molecule has 0 saturated carbocycles. The molecule has 0 aromatic heterocycles. The third-order valence-electron chi connectivity index (χ3n) is 4.48. The largest absolute Gasteiger partial charge is 0.496 e. The number of nitrogens with two attached hydrogens (primary N) is 1. The van der Waals surface area contributed by atoms with Gasteiger partial charge in [0.05, 0.1) is 7.11 Å². The fourth-order valence-electron chi connectivity index (χ4n) is 2.83. The predicted octanol–water partition coefficient (Wildman–Crippen LogP) is 3.00. The topological polar surface area (TPSA) is 90.6 Å². The number of carbonyl (C=O) groups is 1. The van der Waals surface area contributed by atoms with Crippen LogP contribution in [0, 0.1) is 0 Å². The molecule has 0 amide bonds. The van der Waals surface area contributed by atoms with E-state index in [2.05, 4.69) is 0 Å². The van der Waals surface area contributed by atoms with Crippen molar-refractivity contribution >= 4 is 17.8 Å². The van der Waals surface area contributed by atoms with Gasteiger partial charge >= 0.3 is 5.97 Å². The van der Waals surface area contributed by atoms with Crippen molar-refractivity contribution in [2.45, 2.75) is 6.61 Å². The zero-order valence-corrected chi connectivity index (χ0v) is 17.2. The summed E-state index contributed by atoms with van der Waals surface area (Å²) in [6.45, 7) is 0.675. The van der Waals surface area contributed by atoms with Crippen LogP contribution < -0.4 is 19.6 Å². The lowest BCUT2D eigenvalue weighted by molar-refractivity contribution is -0.131. The van der Waals surface area contributed by atoms with E-state index in [1.807, 2.05) is 54.6 Å². The van der Waals surface area contributed by atoms with Crippen molar-refractivity contribution in [1.29, 1.82) is 0 Å². The van der Waals surface area contributed by atoms with E-state index in [9.17, 15) is 4.79 Å². The van der Waals surface area contributed by atoms with Gasteiger partial charge in [-0.2, -0.15) is 0 Å². The van der Waals surface area contributed by atoms with E-state index in [1.54, 1.807) is 18.2 Å². The summed E-state index contributed by atoms with van der Waals surface area (Å²) in [4.78, 5) is 10.7. The third-order valence-corrected chi connectivity index (χ3v) is 4.48. The summed E-state index contributed by atoms with van der Waals surface area (Å²) in [6.07, 6.45) is 2.54. The van der Waals surface area contributed by atoms with Gasteiger partial charge in [0.2, 0.25) is 5.71 Å². The molecule has 0 aliphatic carbocycles. The van der Waals surface area contributed by atoms with Gasteiger partial charge in [-0.15, -0.1) is 0 Å². The third kappa shape index (κ3) is 6.47. The van der Waals surface area contributed by atoms with Gasteiger partial charge in [-0.05, 0) is 48.0 Å². The van der Waals surface area contributed by atoms with Crippen LogP contribution in [0.1, 0.15) is 16.7 Å². The Balaban J connectivity index is 1.54. The van der Waals surface area contributed by atoms with Gasteiger partial charge in [0.15, 0.2) is 6.61 Å². The Morgan fingerprint density at radius 3 is 2.35 bits per heavy atom. The highest BCUT2D eigenvalue weighted by molar-refractivity contribution is 5.96. The molecule has 0 fully saturated rings. The molecule has 0 atom stereocenters. The van der Waals surface area contributed by atoms with Crippen LogP contribution in [0.25, 0.3) is 6.08 Å². The van der Waals surface area contributed by atoms with Crippen molar-refractivity contribution < 1.29 is 29.5 Å². The summed E-state index contributed by atoms with van der Waals surface area (Å²) in [6, 6.07) is 22.5. The maximum Gasteiger partial charge on any atom is 0.328 e. The van der Waals surface area contributed by atoms with E-state index in [-0.39, 0.29) is 0 Å². The number of hydrogen-bond acceptors (Lipinski definition) is 4. The number of hydrogen-bond donors (Lipinski definition) is 2. The van der Waals surface area contributed by atoms with Crippen molar-refractivity contribution in [2.75, 3.05) is 13.7 Å². The van der Waals surface area contributed by atoms with E-state index < -0.39 is 5.97 Å². The van der Waals surface area contributed by atoms with Gasteiger partial charge < -0.3 is 19.3 Å². The molecule has 0 unspecified atom stereocenters. The average Bonchev–Trinajstić information content (AvgIpc) is 2.81. The Morgan fingerprint density at radius 2 is 1.68 bits per heavy atom. The molecule has 0 spiro atoms. The van der Waals surface area contributed by atoms with E-state index in [0.29, 0.717) is 36.0 Å². The fraction of sp³-hybridized carbons (Fsp3) is 0.120. The summed E-state index contributed by atoms with van der Waals surface area (Å²) >= 11 is 0. The summed E-state index contributed by atoms with van der Waals surface area (Å²) in [5.74, 6) is 0.857. The molecule has 0 saturated heterocycles. The lowest BCUT2D eigenvalue weighted by Crippen LogP contribution is -2.43. The van der Waals surface area contributed by atoms with E-state index in [0.717, 1.165) is 23.0 Å². The number of methoxy groups -OCH3 is 1. The number of carboxylic acids is 1. The standard InChI is InChI=1S/C25H23NO5/c1-29-24-15-22(13-9-20(24)10-14-25(27)28)30-16-18-7-11-21(12-8-18)31-17-23(26)19-5-3-2-4-6-19/h2-15,26H,16-17H2,1H3,(H,27,28)/p+1/b14-10+,26-23?. The minimum absolute atomic E-state index is 0.308. The maximum absolute atomic E-state index is 10.7. The summed E-state index contributed by atoms with van der Waals surface area (Å²) in [7, 11) is 1.53. The zero-order valence-electron chi connectivity index (χ0n) is 17.2. The van der Waals surface area contributed by atoms with Crippen molar-refractivity contribution in [3.8, 4) is 17.2 Å². The first kappa shape index (κ1) is 21.6. The Morgan fingerprint density at radius 1 is 0.968 bits per heavy atom. The molecule has 3 rings (SSSR count). The Hall–Kier alpha value is -4.06. The van der Waals surface area contributed by atoms with Crippen LogP contribution in [-0.4, -0.2) is 30.5 Å². The first-order valence-electron chi connectivity index (χ1n) is 9.65. The molecule has 0 aliphatic heterocycles. The number of carboxylic acid groups (broad SMARTS) is 1. The second-order valence-electron chi connectivity index (χ2n) is 6.69. The molecule has 0 heterocycles. The Labute approximate surface area is 180 Å². The van der Waals surface area contributed by atoms with E-state index in [4.69, 9.17) is 24.7 Å². The normalized spacial score (nSPS) is 10.6. The highest BCUT2D eigenvalue weighted by atomic mass is 16.5. The van der Waals surface area contributed by atoms with E-state index >= 15 is 0 Å². The highest BCUT2D eigenvalue weighted by Crippen LogP contribution is 2.26. The number of benzene rings is 3. The lowest BCUT2D eigenvalue weighted by atomic mass is 10.1. The molecule has 3 aromatic carbocycles. The number of ether oxygens (including phenoxy) is 3. The zero-order chi connectivity index (χ0) is 22.1. The molecule has 3 aromatic rings. The summed E-state index contributed by atoms with van der Waals surface area (Å²) in [5, 5.41) is 14.8. The summed E-state index contributed by atoms with van der Waals surface area (Å²) < 4.78 is 16.9. The first-order chi connectivity index (χ1) is 15.0. The number of aliphatic carboxylic acids is 1. The fourth-order valence-corrected chi connectivity index (χ4v) is 2.83. The minimum Gasteiger partial charge on any atom is -0.496 e. The first-order valence-corrected chi connectivity index (χ1v) is 9.65. The molecule has 6 nitrogen and oxygen atoms in total. The molecule has 0 aliphatic rings. The molecule has 0 radical (unpaired) electrons. The minimum atomic E-state index is -1.02. The monoisotopic (exact) mass is 418 g/mol. The number of rotatable bonds is 10. The van der Waals surface area contributed by atoms with Crippen LogP contribution in [0.15, 0.2) is 78.9 Å². The molecule has 3 N–H and O–H groups in total. The molecule has 31 heavy (non-hydrogen) atoms. The van der Waals surface area contributed by atoms with Crippen LogP contribution in [0.3, 0.4) is 0 Å². The maximum atomic E-state index is 10.7. The second-order valence-corrected chi connectivity index (χ2v) is 6.69. The highest BCUT2D eigenvalue weighted by Gasteiger charge is 2.08. The Bertz CT molecular complexity index is 1060. The van der Waals surface area contributed by atoms with Crippen LogP contribution in [0.5, 0.6) is 17.2 Å². The van der Waals surface area contributed by atoms with Crippen molar-refractivity contribution in [1.82, 2.24) is 0 Å². The smallest absolute Gasteiger partial charge is 0.328 e. The van der Waals surface area contributed by atoms with Gasteiger partial charge in [-0.3, -0.25) is 5.41 Å². The SMILES string of the molecule is COc1cc(OCc2ccc(OCC(=[NH2+])c3ccccc3)cc2)ccc1/C=C/C(=O)O. The Kier molecular flexibility index (Phi) is 7.43. The molecular weight excluding hydrogens is 394 g/mol. The van der Waals surface area contributed by atoms with Gasteiger partial charge in [-0.25, -0.2) is 4.79 Å². The van der Waals surface area contributed by atoms with Gasteiger partial charge in [0, 0.05) is 23.3 Å². The van der Waals surface area contributed by atoms with Crippen LogP contribution in [0.2, 0.25) is 0 Å². The van der Waals surface area contributed by atoms with Crippen molar-refractivity contribution in [2.24, 2.45) is 0 Å². The quantitative estimate of drug-likeness (QED) is 0.390. The van der Waals surface area contributed by atoms with Crippen molar-refractivity contribution in [3.05, 3.63) is 95.6 Å². The van der Waals surface area contributed by atoms with Gasteiger partial charge in [0.25, 0.3) is 0 Å². The van der Waals surface area contributed by atoms with E-state index in [1.165, 1.54) is 13.2 Å². The van der Waals surface area contributed by atoms with Crippen LogP contribution in [0.4, 0.5) is 0 Å². The average molecular weight is 418 g/mol. The van der Waals surface area contributed by atoms with Crippen molar-refractivity contribution in [3.63, 3.8) is 0 Å². The van der Waals surface area contributed by atoms with Crippen LogP contribution in [-0.2, 0) is 11.4 Å². The molecule has 0 bridgehead atoms. The second kappa shape index (κ2) is 10.6. The van der Waals surface area contributed by atoms with Crippen LogP contribution >= 0.6 is 0 Å².